The van der Waals surface area contributed by atoms with Gasteiger partial charge in [0.2, 0.25) is 5.91 Å². The predicted molar refractivity (Wildman–Crippen MR) is 124 cm³/mol. The third kappa shape index (κ3) is 4.72. The summed E-state index contributed by atoms with van der Waals surface area (Å²) in [6, 6.07) is 17.7. The molecule has 170 valence electrons. The summed E-state index contributed by atoms with van der Waals surface area (Å²) in [7, 11) is 0. The first-order valence-electron chi connectivity index (χ1n) is 11.0. The quantitative estimate of drug-likeness (QED) is 0.613. The summed E-state index contributed by atoms with van der Waals surface area (Å²) < 4.78 is 30.6. The Morgan fingerprint density at radius 3 is 2.58 bits per heavy atom. The van der Waals surface area contributed by atoms with Gasteiger partial charge < -0.3 is 24.4 Å². The summed E-state index contributed by atoms with van der Waals surface area (Å²) in [6.45, 7) is 3.95. The number of rotatable bonds is 5. The van der Waals surface area contributed by atoms with E-state index < -0.39 is 0 Å². The number of aryl methyl sites for hydroxylation is 1. The minimum absolute atomic E-state index is 0.125. The molecule has 0 spiro atoms. The first-order chi connectivity index (χ1) is 16.0. The molecule has 0 fully saturated rings. The fourth-order valence-corrected chi connectivity index (χ4v) is 4.16. The summed E-state index contributed by atoms with van der Waals surface area (Å²) in [5.74, 6) is 1.70. The van der Waals surface area contributed by atoms with Gasteiger partial charge >= 0.3 is 0 Å². The van der Waals surface area contributed by atoms with Crippen molar-refractivity contribution in [2.45, 2.75) is 25.9 Å². The standard InChI is InChI=1S/C26H25FN2O4/c1-17-2-8-22-24(12-17)33-16-21(29(22)15-18-3-5-19(27)6-4-18)14-26(30)28-20-7-9-23-25(13-20)32-11-10-31-23/h2-9,12-13,21H,10-11,14-16H2,1H3,(H,28,30)/t21-/m1/s1. The zero-order valence-electron chi connectivity index (χ0n) is 18.3. The number of nitrogens with one attached hydrogen (secondary N) is 1. The van der Waals surface area contributed by atoms with Gasteiger partial charge in [0, 0.05) is 18.3 Å². The molecular weight excluding hydrogens is 423 g/mol. The van der Waals surface area contributed by atoms with Crippen molar-refractivity contribution in [2.24, 2.45) is 0 Å². The van der Waals surface area contributed by atoms with E-state index in [-0.39, 0.29) is 24.2 Å². The lowest BCUT2D eigenvalue weighted by atomic mass is 10.0. The number of halogens is 1. The van der Waals surface area contributed by atoms with Crippen LogP contribution in [0.3, 0.4) is 0 Å². The van der Waals surface area contributed by atoms with Crippen molar-refractivity contribution in [1.82, 2.24) is 0 Å². The molecule has 2 heterocycles. The third-order valence-electron chi connectivity index (χ3n) is 5.81. The molecule has 0 radical (unpaired) electrons. The van der Waals surface area contributed by atoms with Crippen molar-refractivity contribution in [1.29, 1.82) is 0 Å². The fraction of sp³-hybridized carbons (Fsp3) is 0.269. The molecule has 6 nitrogen and oxygen atoms in total. The zero-order valence-corrected chi connectivity index (χ0v) is 18.3. The van der Waals surface area contributed by atoms with Crippen LogP contribution in [0.2, 0.25) is 0 Å². The number of ether oxygens (including phenoxy) is 3. The Morgan fingerprint density at radius 2 is 1.76 bits per heavy atom. The Labute approximate surface area is 191 Å². The molecule has 0 saturated heterocycles. The van der Waals surface area contributed by atoms with Gasteiger partial charge in [0.1, 0.15) is 31.4 Å². The fourth-order valence-electron chi connectivity index (χ4n) is 4.16. The van der Waals surface area contributed by atoms with Crippen LogP contribution in [0, 0.1) is 12.7 Å². The lowest BCUT2D eigenvalue weighted by Crippen LogP contribution is -2.44. The van der Waals surface area contributed by atoms with E-state index >= 15 is 0 Å². The summed E-state index contributed by atoms with van der Waals surface area (Å²) in [4.78, 5) is 15.1. The summed E-state index contributed by atoms with van der Waals surface area (Å²) >= 11 is 0. The average molecular weight is 448 g/mol. The van der Waals surface area contributed by atoms with Crippen LogP contribution in [-0.4, -0.2) is 31.8 Å². The van der Waals surface area contributed by atoms with Crippen LogP contribution in [0.5, 0.6) is 17.2 Å². The van der Waals surface area contributed by atoms with Crippen LogP contribution in [0.4, 0.5) is 15.8 Å². The minimum atomic E-state index is -0.271. The highest BCUT2D eigenvalue weighted by molar-refractivity contribution is 5.92. The number of benzene rings is 3. The van der Waals surface area contributed by atoms with Gasteiger partial charge in [-0.3, -0.25) is 4.79 Å². The third-order valence-corrected chi connectivity index (χ3v) is 5.81. The van der Waals surface area contributed by atoms with Gasteiger partial charge in [0.05, 0.1) is 18.2 Å². The van der Waals surface area contributed by atoms with Crippen LogP contribution >= 0.6 is 0 Å². The van der Waals surface area contributed by atoms with E-state index in [0.29, 0.717) is 43.6 Å². The van der Waals surface area contributed by atoms with Gasteiger partial charge in [-0.2, -0.15) is 0 Å². The maximum Gasteiger partial charge on any atom is 0.226 e. The van der Waals surface area contributed by atoms with E-state index in [1.165, 1.54) is 12.1 Å². The van der Waals surface area contributed by atoms with Crippen LogP contribution in [0.15, 0.2) is 60.7 Å². The van der Waals surface area contributed by atoms with Crippen LogP contribution in [0.1, 0.15) is 17.5 Å². The highest BCUT2D eigenvalue weighted by Gasteiger charge is 2.30. The second kappa shape index (κ2) is 9.02. The van der Waals surface area contributed by atoms with Crippen LogP contribution < -0.4 is 24.4 Å². The molecule has 0 aliphatic carbocycles. The van der Waals surface area contributed by atoms with Crippen molar-refractivity contribution in [3.8, 4) is 17.2 Å². The smallest absolute Gasteiger partial charge is 0.226 e. The first-order valence-corrected chi connectivity index (χ1v) is 11.0. The van der Waals surface area contributed by atoms with Crippen molar-refractivity contribution in [3.63, 3.8) is 0 Å². The highest BCUT2D eigenvalue weighted by Crippen LogP contribution is 2.37. The Hall–Kier alpha value is -3.74. The van der Waals surface area contributed by atoms with E-state index in [4.69, 9.17) is 14.2 Å². The summed E-state index contributed by atoms with van der Waals surface area (Å²) in [5, 5.41) is 2.96. The lowest BCUT2D eigenvalue weighted by molar-refractivity contribution is -0.116. The topological polar surface area (TPSA) is 60.0 Å². The molecule has 1 amide bonds. The number of nitrogens with zero attached hydrogens (tertiary/aromatic N) is 1. The van der Waals surface area contributed by atoms with Gasteiger partial charge in [-0.05, 0) is 54.4 Å². The number of carbonyl (C=O) groups excluding carboxylic acids is 1. The molecule has 0 unspecified atom stereocenters. The molecule has 3 aromatic rings. The molecule has 7 heteroatoms. The van der Waals surface area contributed by atoms with E-state index in [2.05, 4.69) is 10.2 Å². The number of amides is 1. The number of carbonyl (C=O) groups is 1. The van der Waals surface area contributed by atoms with E-state index in [9.17, 15) is 9.18 Å². The SMILES string of the molecule is Cc1ccc2c(c1)OC[C@@H](CC(=O)Nc1ccc3c(c1)OCCO3)N2Cc1ccc(F)cc1. The molecule has 5 rings (SSSR count). The largest absolute Gasteiger partial charge is 0.489 e. The van der Waals surface area contributed by atoms with Crippen molar-refractivity contribution >= 4 is 17.3 Å². The molecule has 0 bridgehead atoms. The lowest BCUT2D eigenvalue weighted by Gasteiger charge is -2.38. The molecular formula is C26H25FN2O4. The average Bonchev–Trinajstić information content (AvgIpc) is 2.81. The predicted octanol–water partition coefficient (Wildman–Crippen LogP) is 4.70. The van der Waals surface area contributed by atoms with Gasteiger partial charge in [0.25, 0.3) is 0 Å². The molecule has 1 atom stereocenters. The van der Waals surface area contributed by atoms with Gasteiger partial charge in [-0.15, -0.1) is 0 Å². The van der Waals surface area contributed by atoms with Crippen molar-refractivity contribution < 1.29 is 23.4 Å². The molecule has 3 aromatic carbocycles. The van der Waals surface area contributed by atoms with E-state index in [1.807, 2.05) is 25.1 Å². The van der Waals surface area contributed by atoms with Gasteiger partial charge in [-0.1, -0.05) is 18.2 Å². The Bertz CT molecular complexity index is 1170. The highest BCUT2D eigenvalue weighted by atomic mass is 19.1. The first kappa shape index (κ1) is 21.1. The maximum atomic E-state index is 13.4. The second-order valence-corrected chi connectivity index (χ2v) is 8.30. The zero-order chi connectivity index (χ0) is 22.8. The van der Waals surface area contributed by atoms with Crippen molar-refractivity contribution in [3.05, 3.63) is 77.6 Å². The minimum Gasteiger partial charge on any atom is -0.489 e. The maximum absolute atomic E-state index is 13.4. The normalized spacial score (nSPS) is 16.5. The molecule has 1 N–H and O–H groups in total. The van der Waals surface area contributed by atoms with Crippen LogP contribution in [-0.2, 0) is 11.3 Å². The molecule has 0 aromatic heterocycles. The monoisotopic (exact) mass is 448 g/mol. The van der Waals surface area contributed by atoms with Gasteiger partial charge in [0.15, 0.2) is 11.5 Å². The number of anilines is 2. The summed E-state index contributed by atoms with van der Waals surface area (Å²) in [6.07, 6.45) is 0.239. The summed E-state index contributed by atoms with van der Waals surface area (Å²) in [5.41, 5.74) is 3.64. The number of hydrogen-bond acceptors (Lipinski definition) is 5. The second-order valence-electron chi connectivity index (χ2n) is 8.30. The number of hydrogen-bond donors (Lipinski definition) is 1. The van der Waals surface area contributed by atoms with E-state index in [1.54, 1.807) is 30.3 Å². The Morgan fingerprint density at radius 1 is 0.970 bits per heavy atom. The molecule has 2 aliphatic heterocycles. The molecule has 33 heavy (non-hydrogen) atoms. The van der Waals surface area contributed by atoms with Gasteiger partial charge in [-0.25, -0.2) is 4.39 Å². The Balaban J connectivity index is 1.34. The van der Waals surface area contributed by atoms with E-state index in [0.717, 1.165) is 22.6 Å². The molecule has 2 aliphatic rings. The number of fused-ring (bicyclic) bond motifs is 2. The Kier molecular flexibility index (Phi) is 5.77. The van der Waals surface area contributed by atoms with Crippen LogP contribution in [0.25, 0.3) is 0 Å². The van der Waals surface area contributed by atoms with Crippen molar-refractivity contribution in [2.75, 3.05) is 30.0 Å². The molecule has 0 saturated carbocycles.